The average molecular weight is 327 g/mol. The number of pyridine rings is 1. The minimum atomic E-state index is 0.336. The van der Waals surface area contributed by atoms with E-state index in [2.05, 4.69) is 4.98 Å². The van der Waals surface area contributed by atoms with Crippen LogP contribution in [0.4, 0.5) is 5.69 Å². The Kier molecular flexibility index (Phi) is 5.15. The van der Waals surface area contributed by atoms with Crippen LogP contribution < -0.4 is 15.2 Å². The highest BCUT2D eigenvalue weighted by Gasteiger charge is 2.10. The molecule has 0 spiro atoms. The third kappa shape index (κ3) is 4.16. The van der Waals surface area contributed by atoms with Crippen LogP contribution in [-0.2, 0) is 0 Å². The molecule has 2 N–H and O–H groups in total. The van der Waals surface area contributed by atoms with Crippen molar-refractivity contribution >= 4 is 28.9 Å². The summed E-state index contributed by atoms with van der Waals surface area (Å²) in [6.45, 7) is 4.61. The van der Waals surface area contributed by atoms with Crippen LogP contribution in [0.5, 0.6) is 17.5 Å². The van der Waals surface area contributed by atoms with Gasteiger partial charge in [-0.25, -0.2) is 0 Å². The van der Waals surface area contributed by atoms with Crippen molar-refractivity contribution in [3.05, 3.63) is 40.4 Å². The van der Waals surface area contributed by atoms with Gasteiger partial charge < -0.3 is 15.2 Å². The number of nitrogens with two attached hydrogens (primary N) is 1. The predicted octanol–water partition coefficient (Wildman–Crippen LogP) is 4.80. The third-order valence-corrected chi connectivity index (χ3v) is 3.35. The van der Waals surface area contributed by atoms with Crippen molar-refractivity contribution in [1.82, 2.24) is 4.98 Å². The van der Waals surface area contributed by atoms with Gasteiger partial charge in [0.15, 0.2) is 0 Å². The lowest BCUT2D eigenvalue weighted by atomic mass is 10.2. The normalized spacial score (nSPS) is 10.7. The summed E-state index contributed by atoms with van der Waals surface area (Å²) in [5.74, 6) is 1.49. The first-order chi connectivity index (χ1) is 9.97. The number of benzene rings is 1. The fraction of sp³-hybridized carbons (Fsp3) is 0.267. The molecule has 0 aliphatic rings. The molecule has 21 heavy (non-hydrogen) atoms. The number of ether oxygens (including phenoxy) is 2. The zero-order chi connectivity index (χ0) is 15.4. The summed E-state index contributed by atoms with van der Waals surface area (Å²) in [7, 11) is 0. The summed E-state index contributed by atoms with van der Waals surface area (Å²) in [6.07, 6.45) is 0. The van der Waals surface area contributed by atoms with E-state index in [1.165, 1.54) is 0 Å². The molecule has 0 saturated carbocycles. The van der Waals surface area contributed by atoms with Gasteiger partial charge in [0.1, 0.15) is 10.8 Å². The van der Waals surface area contributed by atoms with Crippen molar-refractivity contribution < 1.29 is 9.47 Å². The fourth-order valence-electron chi connectivity index (χ4n) is 1.53. The van der Waals surface area contributed by atoms with Crippen molar-refractivity contribution in [2.45, 2.75) is 13.8 Å². The number of rotatable bonds is 5. The van der Waals surface area contributed by atoms with Crippen molar-refractivity contribution in [3.8, 4) is 17.5 Å². The first kappa shape index (κ1) is 15.7. The van der Waals surface area contributed by atoms with Crippen LogP contribution in [0, 0.1) is 5.92 Å². The zero-order valence-electron chi connectivity index (χ0n) is 11.8. The Labute approximate surface area is 133 Å². The Morgan fingerprint density at radius 2 is 1.95 bits per heavy atom. The monoisotopic (exact) mass is 326 g/mol. The second-order valence-corrected chi connectivity index (χ2v) is 5.69. The quantitative estimate of drug-likeness (QED) is 0.857. The number of hydrogen-bond donors (Lipinski definition) is 1. The largest absolute Gasteiger partial charge is 0.476 e. The van der Waals surface area contributed by atoms with Crippen LogP contribution in [0.3, 0.4) is 0 Å². The molecule has 4 nitrogen and oxygen atoms in total. The molecule has 112 valence electrons. The van der Waals surface area contributed by atoms with Crippen LogP contribution in [0.25, 0.3) is 0 Å². The van der Waals surface area contributed by atoms with Gasteiger partial charge >= 0.3 is 0 Å². The SMILES string of the molecule is CC(C)COc1nc(Oc2cccc(Cl)c2Cl)ccc1N. The van der Waals surface area contributed by atoms with E-state index in [0.29, 0.717) is 45.8 Å². The number of anilines is 1. The van der Waals surface area contributed by atoms with E-state index >= 15 is 0 Å². The van der Waals surface area contributed by atoms with Crippen LogP contribution >= 0.6 is 23.2 Å². The maximum absolute atomic E-state index is 6.08. The molecule has 0 unspecified atom stereocenters. The van der Waals surface area contributed by atoms with Gasteiger partial charge in [-0.2, -0.15) is 4.98 Å². The summed E-state index contributed by atoms with van der Waals surface area (Å²) in [4.78, 5) is 4.24. The highest BCUT2D eigenvalue weighted by Crippen LogP contribution is 2.35. The first-order valence-electron chi connectivity index (χ1n) is 6.48. The fourth-order valence-corrected chi connectivity index (χ4v) is 1.86. The summed E-state index contributed by atoms with van der Waals surface area (Å²) in [5.41, 5.74) is 6.29. The number of hydrogen-bond acceptors (Lipinski definition) is 4. The molecule has 2 aromatic rings. The molecule has 0 saturated heterocycles. The molecule has 2 rings (SSSR count). The Morgan fingerprint density at radius 3 is 2.67 bits per heavy atom. The van der Waals surface area contributed by atoms with Gasteiger partial charge in [-0.15, -0.1) is 0 Å². The van der Waals surface area contributed by atoms with Gasteiger partial charge in [-0.1, -0.05) is 43.1 Å². The number of aromatic nitrogens is 1. The van der Waals surface area contributed by atoms with Crippen LogP contribution in [0.2, 0.25) is 10.0 Å². The van der Waals surface area contributed by atoms with Gasteiger partial charge in [-0.05, 0) is 24.1 Å². The topological polar surface area (TPSA) is 57.4 Å². The molecule has 6 heteroatoms. The van der Waals surface area contributed by atoms with E-state index in [4.69, 9.17) is 38.4 Å². The van der Waals surface area contributed by atoms with Gasteiger partial charge in [0.2, 0.25) is 11.8 Å². The summed E-state index contributed by atoms with van der Waals surface area (Å²) in [5, 5.41) is 0.753. The molecule has 0 bridgehead atoms. The molecule has 0 aliphatic heterocycles. The van der Waals surface area contributed by atoms with E-state index in [0.717, 1.165) is 0 Å². The molecule has 1 aromatic carbocycles. The van der Waals surface area contributed by atoms with E-state index in [-0.39, 0.29) is 0 Å². The number of halogens is 2. The van der Waals surface area contributed by atoms with Gasteiger partial charge in [-0.3, -0.25) is 0 Å². The highest BCUT2D eigenvalue weighted by molar-refractivity contribution is 6.42. The molecule has 1 aromatic heterocycles. The predicted molar refractivity (Wildman–Crippen MR) is 85.5 cm³/mol. The van der Waals surface area contributed by atoms with Gasteiger partial charge in [0.25, 0.3) is 0 Å². The van der Waals surface area contributed by atoms with Crippen LogP contribution in [-0.4, -0.2) is 11.6 Å². The first-order valence-corrected chi connectivity index (χ1v) is 7.24. The lowest BCUT2D eigenvalue weighted by Gasteiger charge is -2.12. The third-order valence-electron chi connectivity index (χ3n) is 2.55. The van der Waals surface area contributed by atoms with Crippen molar-refractivity contribution in [2.24, 2.45) is 5.92 Å². The molecule has 1 heterocycles. The Balaban J connectivity index is 2.20. The van der Waals surface area contributed by atoms with Crippen LogP contribution in [0.15, 0.2) is 30.3 Å². The van der Waals surface area contributed by atoms with E-state index in [9.17, 15) is 0 Å². The summed E-state index contributed by atoms with van der Waals surface area (Å²) in [6, 6.07) is 8.47. The number of nitrogen functional groups attached to an aromatic ring is 1. The molecule has 0 atom stereocenters. The van der Waals surface area contributed by atoms with E-state index in [1.54, 1.807) is 30.3 Å². The molecule has 0 aliphatic carbocycles. The zero-order valence-corrected chi connectivity index (χ0v) is 13.3. The Morgan fingerprint density at radius 1 is 1.19 bits per heavy atom. The van der Waals surface area contributed by atoms with Gasteiger partial charge in [0.05, 0.1) is 17.3 Å². The van der Waals surface area contributed by atoms with Gasteiger partial charge in [0, 0.05) is 6.07 Å². The minimum Gasteiger partial charge on any atom is -0.476 e. The number of nitrogens with zero attached hydrogens (tertiary/aromatic N) is 1. The van der Waals surface area contributed by atoms with E-state index < -0.39 is 0 Å². The van der Waals surface area contributed by atoms with Crippen molar-refractivity contribution in [3.63, 3.8) is 0 Å². The lowest BCUT2D eigenvalue weighted by Crippen LogP contribution is -2.07. The Bertz CT molecular complexity index is 633. The maximum atomic E-state index is 6.08. The summed E-state index contributed by atoms with van der Waals surface area (Å²) >= 11 is 12.0. The Hall–Kier alpha value is -1.65. The second-order valence-electron chi connectivity index (χ2n) is 4.90. The molecular formula is C15H16Cl2N2O2. The average Bonchev–Trinajstić information content (AvgIpc) is 2.44. The smallest absolute Gasteiger partial charge is 0.240 e. The highest BCUT2D eigenvalue weighted by atomic mass is 35.5. The minimum absolute atomic E-state index is 0.336. The summed E-state index contributed by atoms with van der Waals surface area (Å²) < 4.78 is 11.2. The van der Waals surface area contributed by atoms with Crippen LogP contribution in [0.1, 0.15) is 13.8 Å². The second kappa shape index (κ2) is 6.87. The maximum Gasteiger partial charge on any atom is 0.240 e. The van der Waals surface area contributed by atoms with Crippen molar-refractivity contribution in [1.29, 1.82) is 0 Å². The standard InChI is InChI=1S/C15H16Cl2N2O2/c1-9(2)8-20-15-11(18)6-7-13(19-15)21-12-5-3-4-10(16)14(12)17/h3-7,9H,8,18H2,1-2H3. The molecular weight excluding hydrogens is 311 g/mol. The molecule has 0 amide bonds. The molecule has 0 radical (unpaired) electrons. The molecule has 0 fully saturated rings. The lowest BCUT2D eigenvalue weighted by molar-refractivity contribution is 0.260. The van der Waals surface area contributed by atoms with Crippen molar-refractivity contribution in [2.75, 3.05) is 12.3 Å². The van der Waals surface area contributed by atoms with E-state index in [1.807, 2.05) is 13.8 Å².